The maximum atomic E-state index is 13.4. The first-order valence-corrected chi connectivity index (χ1v) is 22.0. The standard InChI is InChI=1S/2C26H27N3O3/c2*1-17-15-28(16-27-17)22-10-9-18(13-24(22)32-2)12-20-7-5-11-29(26(20)31)23-14-19-6-3-4-8-21(19)25(23)30/h2*3-4,6,8-10,12-13,15-16,23,25,30H,5,7,11,14H2,1-2H3/b2*20-12+/t2*23-,25-/m10/s1. The Hall–Kier alpha value is -6.76. The van der Waals surface area contributed by atoms with Crippen molar-refractivity contribution >= 4 is 24.0 Å². The van der Waals surface area contributed by atoms with E-state index in [2.05, 4.69) is 9.97 Å². The van der Waals surface area contributed by atoms with E-state index in [0.717, 1.165) is 104 Å². The van der Waals surface area contributed by atoms with E-state index in [-0.39, 0.29) is 23.9 Å². The Bertz CT molecular complexity index is 2580. The summed E-state index contributed by atoms with van der Waals surface area (Å²) < 4.78 is 15.1. The van der Waals surface area contributed by atoms with Crippen molar-refractivity contribution in [3.05, 3.63) is 166 Å². The number of piperidine rings is 2. The van der Waals surface area contributed by atoms with Crippen LogP contribution in [0.4, 0.5) is 0 Å². The zero-order valence-electron chi connectivity index (χ0n) is 36.7. The first-order chi connectivity index (χ1) is 31.1. The number of carbonyl (C=O) groups excluding carboxylic acids is 2. The molecule has 2 amide bonds. The molecule has 0 saturated carbocycles. The summed E-state index contributed by atoms with van der Waals surface area (Å²) in [4.78, 5) is 39.0. The number of fused-ring (bicyclic) bond motifs is 2. The Morgan fingerprint density at radius 2 is 1.03 bits per heavy atom. The van der Waals surface area contributed by atoms with Crippen LogP contribution >= 0.6 is 0 Å². The largest absolute Gasteiger partial charge is 0.495 e. The average Bonchev–Trinajstić information content (AvgIpc) is 4.11. The number of aliphatic hydroxyl groups is 2. The molecule has 12 heteroatoms. The van der Waals surface area contributed by atoms with Gasteiger partial charge in [-0.3, -0.25) is 9.59 Å². The lowest BCUT2D eigenvalue weighted by Crippen LogP contribution is -2.46. The highest BCUT2D eigenvalue weighted by Gasteiger charge is 2.40. The van der Waals surface area contributed by atoms with E-state index in [1.54, 1.807) is 26.9 Å². The molecule has 2 fully saturated rings. The molecule has 2 aliphatic heterocycles. The van der Waals surface area contributed by atoms with Crippen LogP contribution in [0.3, 0.4) is 0 Å². The SMILES string of the molecule is COc1cc(/C=C2\CCCN([C@@H]3Cc4ccccc4[C@H]3O)C2=O)ccc1-n1cnc(C)c1.COc1cc(/C=C2\CCCN([C@H]3Cc4ccccc4[C@@H]3O)C2=O)ccc1-n1cnc(C)c1. The third-order valence-electron chi connectivity index (χ3n) is 13.0. The van der Waals surface area contributed by atoms with E-state index >= 15 is 0 Å². The van der Waals surface area contributed by atoms with Gasteiger partial charge in [0.1, 0.15) is 11.5 Å². The van der Waals surface area contributed by atoms with Crippen molar-refractivity contribution in [3.63, 3.8) is 0 Å². The zero-order valence-corrected chi connectivity index (χ0v) is 36.7. The summed E-state index contributed by atoms with van der Waals surface area (Å²) in [6, 6.07) is 27.3. The van der Waals surface area contributed by atoms with Crippen LogP contribution in [-0.2, 0) is 22.4 Å². The second-order valence-electron chi connectivity index (χ2n) is 17.1. The van der Waals surface area contributed by atoms with Crippen LogP contribution in [0.1, 0.15) is 82.7 Å². The van der Waals surface area contributed by atoms with E-state index in [1.807, 2.05) is 142 Å². The number of aromatic nitrogens is 4. The van der Waals surface area contributed by atoms with Crippen molar-refractivity contribution in [2.45, 2.75) is 76.7 Å². The van der Waals surface area contributed by atoms with Gasteiger partial charge in [-0.25, -0.2) is 9.97 Å². The van der Waals surface area contributed by atoms with Crippen molar-refractivity contribution in [2.24, 2.45) is 0 Å². The van der Waals surface area contributed by atoms with Gasteiger partial charge < -0.3 is 38.6 Å². The summed E-state index contributed by atoms with van der Waals surface area (Å²) in [5, 5.41) is 21.7. The molecule has 6 aromatic rings. The fraction of sp³-hybridized carbons (Fsp3) is 0.308. The first kappa shape index (κ1) is 42.5. The molecule has 328 valence electrons. The number of hydrogen-bond acceptors (Lipinski definition) is 8. The third-order valence-corrected chi connectivity index (χ3v) is 13.0. The zero-order chi connectivity index (χ0) is 44.5. The maximum Gasteiger partial charge on any atom is 0.250 e. The molecule has 2 N–H and O–H groups in total. The van der Waals surface area contributed by atoms with E-state index < -0.39 is 12.2 Å². The Morgan fingerprint density at radius 3 is 1.41 bits per heavy atom. The van der Waals surface area contributed by atoms with Gasteiger partial charge in [0.2, 0.25) is 11.8 Å². The summed E-state index contributed by atoms with van der Waals surface area (Å²) in [7, 11) is 3.29. The number of aryl methyl sites for hydroxylation is 2. The molecule has 0 unspecified atom stereocenters. The van der Waals surface area contributed by atoms with Gasteiger partial charge in [-0.1, -0.05) is 60.7 Å². The van der Waals surface area contributed by atoms with Crippen LogP contribution < -0.4 is 9.47 Å². The fourth-order valence-electron chi connectivity index (χ4n) is 9.74. The predicted octanol–water partition coefficient (Wildman–Crippen LogP) is 7.71. The van der Waals surface area contributed by atoms with E-state index in [4.69, 9.17) is 9.47 Å². The van der Waals surface area contributed by atoms with Gasteiger partial charge in [-0.05, 0) is 122 Å². The normalized spacial score (nSPS) is 21.8. The van der Waals surface area contributed by atoms with Crippen molar-refractivity contribution in [1.82, 2.24) is 28.9 Å². The number of methoxy groups -OCH3 is 2. The maximum absolute atomic E-state index is 13.4. The topological polar surface area (TPSA) is 135 Å². The van der Waals surface area contributed by atoms with Crippen LogP contribution in [0.5, 0.6) is 11.5 Å². The minimum atomic E-state index is -0.632. The molecule has 10 rings (SSSR count). The highest BCUT2D eigenvalue weighted by Crippen LogP contribution is 2.39. The second-order valence-corrected chi connectivity index (χ2v) is 17.1. The number of amides is 2. The summed E-state index contributed by atoms with van der Waals surface area (Å²) >= 11 is 0. The Morgan fingerprint density at radius 1 is 0.609 bits per heavy atom. The molecule has 0 bridgehead atoms. The van der Waals surface area contributed by atoms with Gasteiger partial charge in [-0.2, -0.15) is 0 Å². The predicted molar refractivity (Wildman–Crippen MR) is 245 cm³/mol. The molecule has 2 saturated heterocycles. The second kappa shape index (κ2) is 18.1. The number of aliphatic hydroxyl groups excluding tert-OH is 2. The number of benzene rings is 4. The van der Waals surface area contributed by atoms with Gasteiger partial charge in [0.15, 0.2) is 0 Å². The Kier molecular flexibility index (Phi) is 12.1. The highest BCUT2D eigenvalue weighted by molar-refractivity contribution is 5.99. The number of rotatable bonds is 8. The van der Waals surface area contributed by atoms with Crippen LogP contribution in [0, 0.1) is 13.8 Å². The number of carbonyl (C=O) groups is 2. The lowest BCUT2D eigenvalue weighted by molar-refractivity contribution is -0.134. The van der Waals surface area contributed by atoms with Crippen molar-refractivity contribution in [1.29, 1.82) is 0 Å². The molecular weight excluding hydrogens is 805 g/mol. The molecule has 4 aromatic carbocycles. The summed E-state index contributed by atoms with van der Waals surface area (Å²) in [5.74, 6) is 1.47. The minimum absolute atomic E-state index is 0.0152. The molecule has 2 aromatic heterocycles. The van der Waals surface area contributed by atoms with E-state index in [9.17, 15) is 19.8 Å². The van der Waals surface area contributed by atoms with Gasteiger partial charge in [0, 0.05) is 36.6 Å². The number of hydrogen-bond donors (Lipinski definition) is 2. The van der Waals surface area contributed by atoms with E-state index in [0.29, 0.717) is 25.9 Å². The van der Waals surface area contributed by atoms with Crippen molar-refractivity contribution < 1.29 is 29.3 Å². The molecular formula is C52H54N6O6. The molecule has 64 heavy (non-hydrogen) atoms. The Balaban J connectivity index is 0.000000162. The lowest BCUT2D eigenvalue weighted by atomic mass is 9.97. The number of nitrogens with zero attached hydrogens (tertiary/aromatic N) is 6. The van der Waals surface area contributed by atoms with Crippen molar-refractivity contribution in [3.8, 4) is 22.9 Å². The molecule has 0 spiro atoms. The first-order valence-electron chi connectivity index (χ1n) is 22.0. The van der Waals surface area contributed by atoms with Gasteiger partial charge in [0.25, 0.3) is 0 Å². The third kappa shape index (κ3) is 8.38. The molecule has 4 atom stereocenters. The molecule has 4 aliphatic rings. The van der Waals surface area contributed by atoms with E-state index in [1.165, 1.54) is 0 Å². The summed E-state index contributed by atoms with van der Waals surface area (Å²) in [6.07, 6.45) is 14.7. The lowest BCUT2D eigenvalue weighted by Gasteiger charge is -2.35. The number of imidazole rings is 2. The molecule has 12 nitrogen and oxygen atoms in total. The van der Waals surface area contributed by atoms with Gasteiger partial charge in [-0.15, -0.1) is 0 Å². The van der Waals surface area contributed by atoms with Gasteiger partial charge in [0.05, 0.1) is 73.9 Å². The fourth-order valence-corrected chi connectivity index (χ4v) is 9.74. The summed E-state index contributed by atoms with van der Waals surface area (Å²) in [6.45, 7) is 5.24. The average molecular weight is 859 g/mol. The minimum Gasteiger partial charge on any atom is -0.495 e. The number of ether oxygens (including phenoxy) is 2. The van der Waals surface area contributed by atoms with Crippen LogP contribution in [0.25, 0.3) is 23.5 Å². The molecule has 2 aliphatic carbocycles. The molecule has 4 heterocycles. The van der Waals surface area contributed by atoms with Crippen LogP contribution in [0.2, 0.25) is 0 Å². The molecule has 0 radical (unpaired) electrons. The van der Waals surface area contributed by atoms with Crippen LogP contribution in [-0.4, -0.2) is 90.3 Å². The summed E-state index contributed by atoms with van der Waals surface area (Å²) in [5.41, 5.74) is 11.2. The van der Waals surface area contributed by atoms with Gasteiger partial charge >= 0.3 is 0 Å². The van der Waals surface area contributed by atoms with Crippen molar-refractivity contribution in [2.75, 3.05) is 27.3 Å². The number of likely N-dealkylation sites (tertiary alicyclic amines) is 2. The Labute approximate surface area is 373 Å². The monoisotopic (exact) mass is 858 g/mol. The highest BCUT2D eigenvalue weighted by atomic mass is 16.5. The van der Waals surface area contributed by atoms with Crippen LogP contribution in [0.15, 0.2) is 121 Å². The quantitative estimate of drug-likeness (QED) is 0.149. The smallest absolute Gasteiger partial charge is 0.250 e.